The van der Waals surface area contributed by atoms with Crippen molar-refractivity contribution < 1.29 is 14.3 Å². The van der Waals surface area contributed by atoms with E-state index in [1.54, 1.807) is 13.4 Å². The van der Waals surface area contributed by atoms with Crippen molar-refractivity contribution in [3.05, 3.63) is 41.6 Å². The van der Waals surface area contributed by atoms with E-state index in [9.17, 15) is 4.79 Å². The molecule has 0 radical (unpaired) electrons. The number of rotatable bonds is 8. The molecule has 1 aliphatic heterocycles. The van der Waals surface area contributed by atoms with Crippen molar-refractivity contribution >= 4 is 11.7 Å². The van der Waals surface area contributed by atoms with Gasteiger partial charge in [-0.15, -0.1) is 0 Å². The number of nitrogens with two attached hydrogens (primary N) is 1. The van der Waals surface area contributed by atoms with Gasteiger partial charge in [0.2, 0.25) is 5.91 Å². The maximum atomic E-state index is 12.5. The number of aromatic nitrogens is 2. The van der Waals surface area contributed by atoms with Crippen LogP contribution < -0.4 is 10.6 Å². The van der Waals surface area contributed by atoms with E-state index in [0.717, 1.165) is 55.1 Å². The molecule has 4 rings (SSSR count). The van der Waals surface area contributed by atoms with Gasteiger partial charge in [0.05, 0.1) is 18.9 Å². The molecule has 0 spiro atoms. The van der Waals surface area contributed by atoms with E-state index < -0.39 is 5.54 Å². The highest BCUT2D eigenvalue weighted by atomic mass is 16.5. The number of nitrogens with zero attached hydrogens (tertiary/aromatic N) is 4. The average molecular weight is 442 g/mol. The highest BCUT2D eigenvalue weighted by Gasteiger charge is 2.40. The van der Waals surface area contributed by atoms with E-state index in [-0.39, 0.29) is 11.5 Å². The van der Waals surface area contributed by atoms with Crippen LogP contribution in [0.3, 0.4) is 0 Å². The van der Waals surface area contributed by atoms with Crippen molar-refractivity contribution in [3.63, 3.8) is 0 Å². The van der Waals surface area contributed by atoms with Gasteiger partial charge in [-0.25, -0.2) is 9.97 Å². The minimum atomic E-state index is -0.455. The molecule has 2 N–H and O–H groups in total. The van der Waals surface area contributed by atoms with E-state index >= 15 is 0 Å². The van der Waals surface area contributed by atoms with Crippen LogP contribution in [0.5, 0.6) is 0 Å². The topological polar surface area (TPSA) is 93.8 Å². The lowest BCUT2D eigenvalue weighted by atomic mass is 9.87. The Morgan fingerprint density at radius 2 is 2.00 bits per heavy atom. The van der Waals surface area contributed by atoms with Gasteiger partial charge in [-0.1, -0.05) is 6.08 Å². The maximum Gasteiger partial charge on any atom is 0.242 e. The third-order valence-corrected chi connectivity index (χ3v) is 6.66. The van der Waals surface area contributed by atoms with Crippen LogP contribution in [0.2, 0.25) is 0 Å². The fourth-order valence-corrected chi connectivity index (χ4v) is 4.14. The molecule has 1 aromatic heterocycles. The van der Waals surface area contributed by atoms with Gasteiger partial charge in [0.15, 0.2) is 0 Å². The Bertz CT molecular complexity index is 907. The first-order chi connectivity index (χ1) is 15.3. The molecule has 8 heteroatoms. The molecule has 0 bridgehead atoms. The summed E-state index contributed by atoms with van der Waals surface area (Å²) in [4.78, 5) is 25.3. The first-order valence-electron chi connectivity index (χ1n) is 11.5. The number of hydrogen-bond acceptors (Lipinski definition) is 7. The van der Waals surface area contributed by atoms with E-state index in [2.05, 4.69) is 36.0 Å². The zero-order chi connectivity index (χ0) is 22.8. The Hall–Kier alpha value is -2.45. The lowest BCUT2D eigenvalue weighted by molar-refractivity contribution is -0.131. The van der Waals surface area contributed by atoms with Crippen LogP contribution in [0.4, 0.5) is 5.82 Å². The number of carbonyl (C=O) groups excluding carboxylic acids is 1. The molecular formula is C24H35N5O3. The summed E-state index contributed by atoms with van der Waals surface area (Å²) in [6, 6.07) is 1.98. The summed E-state index contributed by atoms with van der Waals surface area (Å²) >= 11 is 0. The summed E-state index contributed by atoms with van der Waals surface area (Å²) in [6.07, 6.45) is 10.3. The number of anilines is 1. The molecular weight excluding hydrogens is 406 g/mol. The van der Waals surface area contributed by atoms with E-state index in [0.29, 0.717) is 32.7 Å². The molecule has 0 aromatic carbocycles. The van der Waals surface area contributed by atoms with Crippen LogP contribution in [0, 0.1) is 0 Å². The highest BCUT2D eigenvalue weighted by molar-refractivity contribution is 5.82. The minimum absolute atomic E-state index is 0.0156. The molecule has 2 heterocycles. The van der Waals surface area contributed by atoms with Gasteiger partial charge >= 0.3 is 0 Å². The summed E-state index contributed by atoms with van der Waals surface area (Å²) in [5.41, 5.74) is 8.30. The van der Waals surface area contributed by atoms with Crippen molar-refractivity contribution in [2.45, 2.75) is 57.1 Å². The standard InChI is InChI=1S/C24H35N5O3/c1-23(8-9-23)32-20-5-4-18(24(2,25)7-6-20)14-19-15-21(27-17-26-19)29-11-10-28(12-13-31-3)22(30)16-29/h4,6,15,17H,5,7-14,16,25H2,1-3H3. The van der Waals surface area contributed by atoms with Crippen LogP contribution >= 0.6 is 0 Å². The van der Waals surface area contributed by atoms with Gasteiger partial charge in [0.25, 0.3) is 0 Å². The number of allylic oxidation sites excluding steroid dienone is 1. The van der Waals surface area contributed by atoms with Gasteiger partial charge in [-0.2, -0.15) is 0 Å². The summed E-state index contributed by atoms with van der Waals surface area (Å²) in [5, 5.41) is 0. The Labute approximate surface area is 190 Å². The lowest BCUT2D eigenvalue weighted by Crippen LogP contribution is -2.51. The molecule has 3 aliphatic rings. The van der Waals surface area contributed by atoms with Crippen molar-refractivity contribution in [3.8, 4) is 0 Å². The molecule has 2 aliphatic carbocycles. The number of amides is 1. The Balaban J connectivity index is 1.42. The molecule has 1 aromatic rings. The third kappa shape index (κ3) is 5.48. The number of piperazine rings is 1. The Morgan fingerprint density at radius 1 is 1.19 bits per heavy atom. The largest absolute Gasteiger partial charge is 0.492 e. The molecule has 1 atom stereocenters. The maximum absolute atomic E-state index is 12.5. The quantitative estimate of drug-likeness (QED) is 0.618. The smallest absolute Gasteiger partial charge is 0.242 e. The van der Waals surface area contributed by atoms with Crippen LogP contribution in [-0.4, -0.2) is 71.8 Å². The summed E-state index contributed by atoms with van der Waals surface area (Å²) in [6.45, 7) is 7.14. The Morgan fingerprint density at radius 3 is 2.72 bits per heavy atom. The fourth-order valence-electron chi connectivity index (χ4n) is 4.14. The van der Waals surface area contributed by atoms with Crippen LogP contribution in [0.15, 0.2) is 35.9 Å². The first-order valence-corrected chi connectivity index (χ1v) is 11.5. The lowest BCUT2D eigenvalue weighted by Gasteiger charge is -2.35. The third-order valence-electron chi connectivity index (χ3n) is 6.66. The fraction of sp³-hybridized carbons (Fsp3) is 0.625. The molecule has 1 saturated heterocycles. The molecule has 1 amide bonds. The van der Waals surface area contributed by atoms with Crippen molar-refractivity contribution in [2.24, 2.45) is 5.73 Å². The summed E-state index contributed by atoms with van der Waals surface area (Å²) < 4.78 is 11.3. The second-order valence-corrected chi connectivity index (χ2v) is 9.62. The second-order valence-electron chi connectivity index (χ2n) is 9.62. The number of ether oxygens (including phenoxy) is 2. The molecule has 32 heavy (non-hydrogen) atoms. The predicted octanol–water partition coefficient (Wildman–Crippen LogP) is 2.20. The monoisotopic (exact) mass is 441 g/mol. The SMILES string of the molecule is COCCN1CCN(c2cc(CC3=CCC(OC4(C)CC4)=CCC3(C)N)ncn2)CC1=O. The van der Waals surface area contributed by atoms with Gasteiger partial charge in [0, 0.05) is 56.9 Å². The number of hydrogen-bond donors (Lipinski definition) is 1. The Kier molecular flexibility index (Phi) is 6.53. The van der Waals surface area contributed by atoms with E-state index in [1.165, 1.54) is 0 Å². The average Bonchev–Trinajstić information content (AvgIpc) is 3.52. The van der Waals surface area contributed by atoms with E-state index in [1.807, 2.05) is 15.9 Å². The summed E-state index contributed by atoms with van der Waals surface area (Å²) in [7, 11) is 1.65. The van der Waals surface area contributed by atoms with Crippen LogP contribution in [-0.2, 0) is 20.7 Å². The van der Waals surface area contributed by atoms with Crippen molar-refractivity contribution in [2.75, 3.05) is 44.8 Å². The van der Waals surface area contributed by atoms with Gasteiger partial charge in [-0.3, -0.25) is 4.79 Å². The molecule has 1 saturated carbocycles. The second kappa shape index (κ2) is 9.19. The van der Waals surface area contributed by atoms with E-state index in [4.69, 9.17) is 15.2 Å². The van der Waals surface area contributed by atoms with Crippen LogP contribution in [0.1, 0.15) is 45.2 Å². The first kappa shape index (κ1) is 22.7. The minimum Gasteiger partial charge on any atom is -0.492 e. The zero-order valence-corrected chi connectivity index (χ0v) is 19.5. The van der Waals surface area contributed by atoms with Gasteiger partial charge < -0.3 is 25.0 Å². The molecule has 174 valence electrons. The number of carbonyl (C=O) groups is 1. The summed E-state index contributed by atoms with van der Waals surface area (Å²) in [5.74, 6) is 1.90. The van der Waals surface area contributed by atoms with Crippen molar-refractivity contribution in [1.82, 2.24) is 14.9 Å². The predicted molar refractivity (Wildman–Crippen MR) is 123 cm³/mol. The number of methoxy groups -OCH3 is 1. The van der Waals surface area contributed by atoms with Crippen LogP contribution in [0.25, 0.3) is 0 Å². The van der Waals surface area contributed by atoms with Gasteiger partial charge in [-0.05, 0) is 44.8 Å². The van der Waals surface area contributed by atoms with Gasteiger partial charge in [0.1, 0.15) is 17.7 Å². The van der Waals surface area contributed by atoms with Crippen molar-refractivity contribution in [1.29, 1.82) is 0 Å². The molecule has 1 unspecified atom stereocenters. The zero-order valence-electron chi connectivity index (χ0n) is 19.5. The molecule has 2 fully saturated rings. The highest BCUT2D eigenvalue weighted by Crippen LogP contribution is 2.42. The molecule has 8 nitrogen and oxygen atoms in total. The normalized spacial score (nSPS) is 25.2.